The number of hydrogen-bond donors (Lipinski definition) is 0. The van der Waals surface area contributed by atoms with E-state index in [1.165, 1.54) is 11.3 Å². The molecule has 0 aliphatic heterocycles. The number of benzene rings is 1. The van der Waals surface area contributed by atoms with E-state index in [4.69, 9.17) is 11.6 Å². The Morgan fingerprint density at radius 3 is 2.35 bits per heavy atom. The Labute approximate surface area is 113 Å². The van der Waals surface area contributed by atoms with Gasteiger partial charge in [0.2, 0.25) is 0 Å². The Morgan fingerprint density at radius 1 is 1.06 bits per heavy atom. The van der Waals surface area contributed by atoms with E-state index in [0.717, 1.165) is 15.9 Å². The summed E-state index contributed by atoms with van der Waals surface area (Å²) in [5.74, 6) is -3.96. The number of thiophene rings is 1. The van der Waals surface area contributed by atoms with Gasteiger partial charge in [0.05, 0.1) is 9.16 Å². The van der Waals surface area contributed by atoms with Crippen molar-refractivity contribution in [3.05, 3.63) is 55.9 Å². The minimum absolute atomic E-state index is 0.0695. The molecule has 2 aromatic rings. The van der Waals surface area contributed by atoms with Crippen molar-refractivity contribution in [1.82, 2.24) is 0 Å². The molecule has 6 heteroatoms. The monoisotopic (exact) mass is 340 g/mol. The van der Waals surface area contributed by atoms with Crippen LogP contribution in [0.1, 0.15) is 15.8 Å². The maximum absolute atomic E-state index is 13.5. The SMILES string of the molecule is Fc1ccc(C(Cl)c2ccc(Br)s2)c(F)c1F. The highest BCUT2D eigenvalue weighted by molar-refractivity contribution is 9.11. The number of hydrogen-bond acceptors (Lipinski definition) is 1. The first-order valence-electron chi connectivity index (χ1n) is 4.53. The molecular weight excluding hydrogens is 337 g/mol. The van der Waals surface area contributed by atoms with Crippen LogP contribution in [0.5, 0.6) is 0 Å². The fraction of sp³-hybridized carbons (Fsp3) is 0.0909. The molecule has 1 heterocycles. The van der Waals surface area contributed by atoms with Crippen LogP contribution in [-0.2, 0) is 0 Å². The second kappa shape index (κ2) is 5.00. The zero-order valence-corrected chi connectivity index (χ0v) is 11.3. The lowest BCUT2D eigenvalue weighted by molar-refractivity contribution is 0.441. The van der Waals surface area contributed by atoms with E-state index in [2.05, 4.69) is 15.9 Å². The molecule has 0 aliphatic rings. The van der Waals surface area contributed by atoms with Crippen molar-refractivity contribution in [3.8, 4) is 0 Å². The largest absolute Gasteiger partial charge is 0.204 e. The zero-order valence-electron chi connectivity index (χ0n) is 8.18. The van der Waals surface area contributed by atoms with Gasteiger partial charge in [-0.05, 0) is 34.1 Å². The highest BCUT2D eigenvalue weighted by atomic mass is 79.9. The maximum Gasteiger partial charge on any atom is 0.194 e. The molecule has 0 N–H and O–H groups in total. The topological polar surface area (TPSA) is 0 Å². The van der Waals surface area contributed by atoms with Crippen molar-refractivity contribution in [1.29, 1.82) is 0 Å². The Hall–Kier alpha value is -0.520. The van der Waals surface area contributed by atoms with E-state index >= 15 is 0 Å². The van der Waals surface area contributed by atoms with E-state index in [-0.39, 0.29) is 5.56 Å². The quantitative estimate of drug-likeness (QED) is 0.516. The Balaban J connectivity index is 2.44. The molecule has 0 spiro atoms. The van der Waals surface area contributed by atoms with Crippen molar-refractivity contribution in [3.63, 3.8) is 0 Å². The molecule has 0 nitrogen and oxygen atoms in total. The first-order chi connectivity index (χ1) is 8.00. The van der Waals surface area contributed by atoms with E-state index in [0.29, 0.717) is 4.88 Å². The van der Waals surface area contributed by atoms with Crippen LogP contribution >= 0.6 is 38.9 Å². The molecule has 0 saturated carbocycles. The lowest BCUT2D eigenvalue weighted by Gasteiger charge is -2.09. The Bertz CT molecular complexity index is 556. The van der Waals surface area contributed by atoms with Gasteiger partial charge in [0.25, 0.3) is 0 Å². The lowest BCUT2D eigenvalue weighted by Crippen LogP contribution is -2.00. The number of rotatable bonds is 2. The highest BCUT2D eigenvalue weighted by Crippen LogP contribution is 2.37. The van der Waals surface area contributed by atoms with Crippen molar-refractivity contribution in [2.75, 3.05) is 0 Å². The van der Waals surface area contributed by atoms with Crippen LogP contribution < -0.4 is 0 Å². The van der Waals surface area contributed by atoms with Crippen LogP contribution in [0, 0.1) is 17.5 Å². The van der Waals surface area contributed by atoms with Gasteiger partial charge in [-0.15, -0.1) is 22.9 Å². The molecule has 0 saturated heterocycles. The molecular formula is C11H5BrClF3S. The summed E-state index contributed by atoms with van der Waals surface area (Å²) in [6, 6.07) is 5.48. The Morgan fingerprint density at radius 2 is 1.76 bits per heavy atom. The van der Waals surface area contributed by atoms with Crippen molar-refractivity contribution in [2.45, 2.75) is 5.38 Å². The molecule has 0 radical (unpaired) electrons. The molecule has 0 fully saturated rings. The molecule has 1 unspecified atom stereocenters. The molecule has 90 valence electrons. The van der Waals surface area contributed by atoms with Crippen LogP contribution in [-0.4, -0.2) is 0 Å². The second-order valence-corrected chi connectivity index (χ2v) is 6.20. The van der Waals surface area contributed by atoms with E-state index < -0.39 is 22.8 Å². The van der Waals surface area contributed by atoms with Crippen LogP contribution in [0.15, 0.2) is 28.1 Å². The first-order valence-corrected chi connectivity index (χ1v) is 6.58. The van der Waals surface area contributed by atoms with Crippen molar-refractivity contribution >= 4 is 38.9 Å². The van der Waals surface area contributed by atoms with Crippen molar-refractivity contribution in [2.24, 2.45) is 0 Å². The van der Waals surface area contributed by atoms with E-state index in [1.807, 2.05) is 0 Å². The molecule has 0 aliphatic carbocycles. The van der Waals surface area contributed by atoms with Gasteiger partial charge in [-0.2, -0.15) is 0 Å². The van der Waals surface area contributed by atoms with Gasteiger partial charge in [-0.25, -0.2) is 13.2 Å². The van der Waals surface area contributed by atoms with E-state index in [9.17, 15) is 13.2 Å². The van der Waals surface area contributed by atoms with E-state index in [1.54, 1.807) is 12.1 Å². The molecule has 1 aromatic carbocycles. The highest BCUT2D eigenvalue weighted by Gasteiger charge is 2.21. The summed E-state index contributed by atoms with van der Waals surface area (Å²) >= 11 is 10.6. The predicted octanol–water partition coefficient (Wildman–Crippen LogP) is 5.26. The summed E-state index contributed by atoms with van der Waals surface area (Å²) in [4.78, 5) is 0.656. The summed E-state index contributed by atoms with van der Waals surface area (Å²) in [7, 11) is 0. The summed E-state index contributed by atoms with van der Waals surface area (Å²) in [5.41, 5.74) is -0.0695. The third-order valence-corrected chi connectivity index (χ3v) is 4.47. The molecule has 0 bridgehead atoms. The third-order valence-electron chi connectivity index (χ3n) is 2.18. The van der Waals surface area contributed by atoms with Gasteiger partial charge < -0.3 is 0 Å². The molecule has 17 heavy (non-hydrogen) atoms. The van der Waals surface area contributed by atoms with Gasteiger partial charge in [0.15, 0.2) is 17.5 Å². The number of alkyl halides is 1. The summed E-state index contributed by atoms with van der Waals surface area (Å²) in [6.07, 6.45) is 0. The average molecular weight is 342 g/mol. The average Bonchev–Trinajstić information content (AvgIpc) is 2.72. The summed E-state index contributed by atoms with van der Waals surface area (Å²) in [6.45, 7) is 0. The van der Waals surface area contributed by atoms with Gasteiger partial charge in [-0.3, -0.25) is 0 Å². The molecule has 0 amide bonds. The van der Waals surface area contributed by atoms with Gasteiger partial charge >= 0.3 is 0 Å². The van der Waals surface area contributed by atoms with Crippen molar-refractivity contribution < 1.29 is 13.2 Å². The van der Waals surface area contributed by atoms with Crippen LogP contribution in [0.25, 0.3) is 0 Å². The number of halogens is 5. The zero-order chi connectivity index (χ0) is 12.6. The summed E-state index contributed by atoms with van der Waals surface area (Å²) < 4.78 is 40.2. The third kappa shape index (κ3) is 2.51. The fourth-order valence-corrected chi connectivity index (χ4v) is 3.15. The Kier molecular flexibility index (Phi) is 3.80. The molecule has 1 aromatic heterocycles. The van der Waals surface area contributed by atoms with Crippen LogP contribution in [0.3, 0.4) is 0 Å². The smallest absolute Gasteiger partial charge is 0.194 e. The second-order valence-electron chi connectivity index (χ2n) is 3.27. The first kappa shape index (κ1) is 12.9. The maximum atomic E-state index is 13.5. The normalized spacial score (nSPS) is 12.8. The van der Waals surface area contributed by atoms with Gasteiger partial charge in [0.1, 0.15) is 0 Å². The minimum atomic E-state index is -1.50. The standard InChI is InChI=1S/C11H5BrClF3S/c12-8-4-3-7(17-8)9(13)5-1-2-6(14)11(16)10(5)15/h1-4,9H. The fourth-order valence-electron chi connectivity index (χ4n) is 1.35. The predicted molar refractivity (Wildman–Crippen MR) is 66.0 cm³/mol. The summed E-state index contributed by atoms with van der Waals surface area (Å²) in [5, 5.41) is -0.832. The van der Waals surface area contributed by atoms with Gasteiger partial charge in [-0.1, -0.05) is 6.07 Å². The molecule has 2 rings (SSSR count). The lowest BCUT2D eigenvalue weighted by atomic mass is 10.1. The molecule has 1 atom stereocenters. The van der Waals surface area contributed by atoms with Crippen LogP contribution in [0.2, 0.25) is 0 Å². The minimum Gasteiger partial charge on any atom is -0.204 e. The van der Waals surface area contributed by atoms with Gasteiger partial charge in [0, 0.05) is 10.4 Å². The van der Waals surface area contributed by atoms with Crippen LogP contribution in [0.4, 0.5) is 13.2 Å².